The van der Waals surface area contributed by atoms with Crippen LogP contribution >= 0.6 is 0 Å². The van der Waals surface area contributed by atoms with Crippen LogP contribution in [0.3, 0.4) is 0 Å². The van der Waals surface area contributed by atoms with Gasteiger partial charge in [0.1, 0.15) is 11.8 Å². The molecule has 2 aromatic heterocycles. The highest BCUT2D eigenvalue weighted by Gasteiger charge is 2.58. The van der Waals surface area contributed by atoms with Crippen LogP contribution in [0.1, 0.15) is 24.8 Å². The fraction of sp³-hybridized carbons (Fsp3) is 0.421. The third kappa shape index (κ3) is 1.95. The van der Waals surface area contributed by atoms with Crippen molar-refractivity contribution in [1.82, 2.24) is 20.0 Å². The van der Waals surface area contributed by atoms with Crippen LogP contribution < -0.4 is 0 Å². The highest BCUT2D eigenvalue weighted by atomic mass is 16.5. The smallest absolute Gasteiger partial charge is 0.257 e. The molecule has 1 aromatic carbocycles. The zero-order chi connectivity index (χ0) is 16.4. The van der Waals surface area contributed by atoms with Gasteiger partial charge in [-0.15, -0.1) is 0 Å². The zero-order valence-electron chi connectivity index (χ0n) is 13.8. The van der Waals surface area contributed by atoms with Gasteiger partial charge in [0.05, 0.1) is 6.61 Å². The summed E-state index contributed by atoms with van der Waals surface area (Å²) in [6, 6.07) is 10.1. The Morgan fingerprint density at radius 1 is 1.12 bits per heavy atom. The first-order valence-corrected chi connectivity index (χ1v) is 8.85. The van der Waals surface area contributed by atoms with E-state index in [-0.39, 0.29) is 6.10 Å². The van der Waals surface area contributed by atoms with E-state index in [0.717, 1.165) is 35.5 Å². The Labute approximate surface area is 144 Å². The Bertz CT molecular complexity index is 957. The van der Waals surface area contributed by atoms with Crippen molar-refractivity contribution in [3.63, 3.8) is 0 Å². The van der Waals surface area contributed by atoms with E-state index in [4.69, 9.17) is 9.26 Å². The highest BCUT2D eigenvalue weighted by Crippen LogP contribution is 2.53. The molecule has 0 N–H and O–H groups in total. The molecule has 1 aliphatic carbocycles. The van der Waals surface area contributed by atoms with Gasteiger partial charge in [0.15, 0.2) is 0 Å². The first-order chi connectivity index (χ1) is 12.3. The van der Waals surface area contributed by atoms with E-state index in [1.165, 1.54) is 19.4 Å². The second-order valence-corrected chi connectivity index (χ2v) is 7.54. The van der Waals surface area contributed by atoms with Crippen LogP contribution in [0.25, 0.3) is 22.3 Å². The monoisotopic (exact) mass is 334 g/mol. The molecule has 6 heteroatoms. The summed E-state index contributed by atoms with van der Waals surface area (Å²) in [7, 11) is 0. The van der Waals surface area contributed by atoms with Gasteiger partial charge in [-0.3, -0.25) is 9.88 Å². The van der Waals surface area contributed by atoms with Crippen LogP contribution in [0.5, 0.6) is 0 Å². The molecule has 7 rings (SSSR count). The normalized spacial score (nSPS) is 31.0. The maximum absolute atomic E-state index is 6.10. The van der Waals surface area contributed by atoms with Crippen LogP contribution in [0.15, 0.2) is 41.1 Å². The van der Waals surface area contributed by atoms with Crippen LogP contribution in [0.4, 0.5) is 0 Å². The van der Waals surface area contributed by atoms with E-state index < -0.39 is 0 Å². The first-order valence-electron chi connectivity index (χ1n) is 8.85. The summed E-state index contributed by atoms with van der Waals surface area (Å²) < 4.78 is 11.6. The number of morpholine rings is 1. The predicted molar refractivity (Wildman–Crippen MR) is 90.8 cm³/mol. The molecule has 1 atom stereocenters. The number of hydrogen-bond acceptors (Lipinski definition) is 6. The molecule has 4 aliphatic rings. The Kier molecular flexibility index (Phi) is 2.71. The summed E-state index contributed by atoms with van der Waals surface area (Å²) in [6.07, 6.45) is 4.22. The van der Waals surface area contributed by atoms with Crippen LogP contribution in [-0.2, 0) is 4.74 Å². The van der Waals surface area contributed by atoms with Crippen molar-refractivity contribution < 1.29 is 9.26 Å². The quantitative estimate of drug-likeness (QED) is 0.718. The van der Waals surface area contributed by atoms with Gasteiger partial charge in [0.25, 0.3) is 5.89 Å². The van der Waals surface area contributed by atoms with E-state index in [1.807, 2.05) is 24.3 Å². The van der Waals surface area contributed by atoms with Crippen LogP contribution in [0, 0.1) is 5.92 Å². The number of nitrogens with zero attached hydrogens (tertiary/aromatic N) is 4. The Balaban J connectivity index is 1.32. The SMILES string of the molecule is c1ccc2c(-c3noc([C@@H]4CN5CC6CC5(CO4)C6)n3)nccc2c1. The summed E-state index contributed by atoms with van der Waals surface area (Å²) in [5, 5.41) is 6.32. The van der Waals surface area contributed by atoms with E-state index in [0.29, 0.717) is 17.3 Å². The van der Waals surface area contributed by atoms with Gasteiger partial charge in [-0.05, 0) is 30.2 Å². The minimum Gasteiger partial charge on any atom is -0.365 e. The lowest BCUT2D eigenvalue weighted by Crippen LogP contribution is -2.54. The summed E-state index contributed by atoms with van der Waals surface area (Å²) in [5.74, 6) is 1.95. The molecule has 2 bridgehead atoms. The fourth-order valence-electron chi connectivity index (χ4n) is 4.80. The molecule has 0 radical (unpaired) electrons. The highest BCUT2D eigenvalue weighted by molar-refractivity contribution is 5.92. The average Bonchev–Trinajstić information content (AvgIpc) is 3.33. The third-order valence-corrected chi connectivity index (χ3v) is 6.03. The molecule has 3 aliphatic heterocycles. The summed E-state index contributed by atoms with van der Waals surface area (Å²) in [5.41, 5.74) is 1.06. The number of ether oxygens (including phenoxy) is 1. The summed E-state index contributed by atoms with van der Waals surface area (Å²) in [6.45, 7) is 2.81. The Morgan fingerprint density at radius 2 is 2.04 bits per heavy atom. The maximum Gasteiger partial charge on any atom is 0.257 e. The number of rotatable bonds is 2. The average molecular weight is 334 g/mol. The van der Waals surface area contributed by atoms with Crippen molar-refractivity contribution in [2.24, 2.45) is 5.92 Å². The summed E-state index contributed by atoms with van der Waals surface area (Å²) >= 11 is 0. The largest absolute Gasteiger partial charge is 0.365 e. The number of aromatic nitrogens is 3. The Morgan fingerprint density at radius 3 is 3.00 bits per heavy atom. The minimum atomic E-state index is -0.138. The topological polar surface area (TPSA) is 64.3 Å². The van der Waals surface area contributed by atoms with Crippen molar-refractivity contribution in [3.05, 3.63) is 42.4 Å². The van der Waals surface area contributed by atoms with Gasteiger partial charge in [0, 0.05) is 30.2 Å². The van der Waals surface area contributed by atoms with Gasteiger partial charge in [0.2, 0.25) is 5.82 Å². The van der Waals surface area contributed by atoms with Crippen LogP contribution in [-0.4, -0.2) is 45.3 Å². The van der Waals surface area contributed by atoms with Crippen molar-refractivity contribution in [1.29, 1.82) is 0 Å². The molecule has 25 heavy (non-hydrogen) atoms. The van der Waals surface area contributed by atoms with Crippen molar-refractivity contribution in [2.75, 3.05) is 19.7 Å². The van der Waals surface area contributed by atoms with Gasteiger partial charge in [-0.1, -0.05) is 29.4 Å². The number of benzene rings is 1. The molecule has 0 amide bonds. The predicted octanol–water partition coefficient (Wildman–Crippen LogP) is 2.82. The lowest BCUT2D eigenvalue weighted by Gasteiger charge is -2.46. The van der Waals surface area contributed by atoms with Crippen molar-refractivity contribution in [3.8, 4) is 11.5 Å². The van der Waals surface area contributed by atoms with Gasteiger partial charge in [-0.25, -0.2) is 0 Å². The molecule has 5 heterocycles. The molecule has 1 spiro atoms. The minimum absolute atomic E-state index is 0.138. The standard InChI is InChI=1S/C19H18N4O2/c1-2-4-14-13(3-1)5-6-20-16(14)17-21-18(25-22-17)15-10-23-9-12-7-19(23,8-12)11-24-15/h1-6,12,15H,7-11H2/t12?,15-,19?/m0/s1. The molecule has 126 valence electrons. The first kappa shape index (κ1) is 13.9. The second kappa shape index (κ2) is 4.86. The maximum atomic E-state index is 6.10. The van der Waals surface area contributed by atoms with E-state index >= 15 is 0 Å². The van der Waals surface area contributed by atoms with Gasteiger partial charge in [-0.2, -0.15) is 4.98 Å². The molecule has 3 saturated heterocycles. The lowest BCUT2D eigenvalue weighted by atomic mass is 9.73. The van der Waals surface area contributed by atoms with Gasteiger partial charge >= 0.3 is 0 Å². The third-order valence-electron chi connectivity index (χ3n) is 6.03. The van der Waals surface area contributed by atoms with E-state index in [1.54, 1.807) is 6.20 Å². The van der Waals surface area contributed by atoms with Crippen molar-refractivity contribution >= 4 is 10.8 Å². The van der Waals surface area contributed by atoms with Crippen LogP contribution in [0.2, 0.25) is 0 Å². The number of pyridine rings is 1. The number of hydrogen-bond donors (Lipinski definition) is 0. The molecule has 6 nitrogen and oxygen atoms in total. The molecule has 4 fully saturated rings. The fourth-order valence-corrected chi connectivity index (χ4v) is 4.80. The lowest BCUT2D eigenvalue weighted by molar-refractivity contribution is -0.114. The molecule has 0 unspecified atom stereocenters. The van der Waals surface area contributed by atoms with E-state index in [9.17, 15) is 0 Å². The zero-order valence-corrected chi connectivity index (χ0v) is 13.8. The summed E-state index contributed by atoms with van der Waals surface area (Å²) in [4.78, 5) is 11.6. The van der Waals surface area contributed by atoms with E-state index in [2.05, 4.69) is 26.1 Å². The van der Waals surface area contributed by atoms with Crippen molar-refractivity contribution in [2.45, 2.75) is 24.5 Å². The Hall–Kier alpha value is -2.31. The molecular formula is C19H18N4O2. The molecule has 3 aromatic rings. The molecular weight excluding hydrogens is 316 g/mol. The second-order valence-electron chi connectivity index (χ2n) is 7.54. The molecule has 1 saturated carbocycles. The number of fused-ring (bicyclic) bond motifs is 1. The van der Waals surface area contributed by atoms with Gasteiger partial charge < -0.3 is 9.26 Å².